The van der Waals surface area contributed by atoms with Crippen molar-refractivity contribution in [3.8, 4) is 0 Å². The van der Waals surface area contributed by atoms with Crippen molar-refractivity contribution < 1.29 is 0 Å². The molecule has 1 heterocycles. The van der Waals surface area contributed by atoms with Gasteiger partial charge in [0.2, 0.25) is 5.95 Å². The van der Waals surface area contributed by atoms with Crippen LogP contribution in [0, 0.1) is 23.2 Å². The van der Waals surface area contributed by atoms with Crippen molar-refractivity contribution >= 4 is 27.7 Å². The number of halogens is 1. The molecule has 4 fully saturated rings. The number of hydrogen-bond donors (Lipinski definition) is 2. The predicted octanol–water partition coefficient (Wildman–Crippen LogP) is 3.84. The number of anilines is 2. The third kappa shape index (κ3) is 2.33. The lowest BCUT2D eigenvalue weighted by Crippen LogP contribution is -2.53. The van der Waals surface area contributed by atoms with Crippen molar-refractivity contribution in [2.24, 2.45) is 23.2 Å². The maximum atomic E-state index is 5.73. The molecule has 4 aliphatic carbocycles. The highest BCUT2D eigenvalue weighted by molar-refractivity contribution is 9.10. The Morgan fingerprint density at radius 2 is 1.81 bits per heavy atom. The number of rotatable bonds is 3. The highest BCUT2D eigenvalue weighted by Crippen LogP contribution is 2.61. The molecule has 1 aromatic heterocycles. The Morgan fingerprint density at radius 3 is 2.38 bits per heavy atom. The lowest BCUT2D eigenvalue weighted by molar-refractivity contribution is -0.0603. The third-order valence-corrected chi connectivity index (χ3v) is 6.70. The first kappa shape index (κ1) is 13.8. The smallest absolute Gasteiger partial charge is 0.221 e. The molecule has 0 spiro atoms. The van der Waals surface area contributed by atoms with Gasteiger partial charge < -0.3 is 11.1 Å². The molecule has 0 aromatic carbocycles. The minimum absolute atomic E-state index is 0.332. The Kier molecular flexibility index (Phi) is 3.18. The zero-order valence-electron chi connectivity index (χ0n) is 12.5. The summed E-state index contributed by atoms with van der Waals surface area (Å²) in [6.45, 7) is 2.33. The molecular weight excluding hydrogens is 328 g/mol. The van der Waals surface area contributed by atoms with Crippen molar-refractivity contribution in [3.63, 3.8) is 0 Å². The Hall–Kier alpha value is -0.840. The molecule has 0 radical (unpaired) electrons. The SMILES string of the molecule is CC(Nc1nc(N)ncc1Br)C12CC3CC(CC(C3)C1)C2. The Bertz CT molecular complexity index is 524. The topological polar surface area (TPSA) is 63.8 Å². The van der Waals surface area contributed by atoms with Crippen LogP contribution in [0.2, 0.25) is 0 Å². The quantitative estimate of drug-likeness (QED) is 0.869. The monoisotopic (exact) mass is 350 g/mol. The second-order valence-corrected chi connectivity index (χ2v) is 8.43. The van der Waals surface area contributed by atoms with Gasteiger partial charge in [-0.25, -0.2) is 4.98 Å². The molecule has 0 amide bonds. The summed E-state index contributed by atoms with van der Waals surface area (Å²) < 4.78 is 0.897. The van der Waals surface area contributed by atoms with Gasteiger partial charge in [0.1, 0.15) is 5.82 Å². The third-order valence-electron chi connectivity index (χ3n) is 6.12. The van der Waals surface area contributed by atoms with Crippen LogP contribution in [-0.2, 0) is 0 Å². The van der Waals surface area contributed by atoms with E-state index in [9.17, 15) is 0 Å². The molecule has 5 heteroatoms. The molecule has 0 aliphatic heterocycles. The van der Waals surface area contributed by atoms with E-state index in [0.29, 0.717) is 17.4 Å². The van der Waals surface area contributed by atoms with Gasteiger partial charge in [0.15, 0.2) is 0 Å². The van der Waals surface area contributed by atoms with Crippen LogP contribution in [-0.4, -0.2) is 16.0 Å². The number of nitrogens with zero attached hydrogens (tertiary/aromatic N) is 2. The van der Waals surface area contributed by atoms with Gasteiger partial charge in [-0.2, -0.15) is 4.98 Å². The first-order valence-corrected chi connectivity index (χ1v) is 8.88. The summed E-state index contributed by atoms with van der Waals surface area (Å²) in [7, 11) is 0. The molecule has 4 saturated carbocycles. The fourth-order valence-electron chi connectivity index (χ4n) is 5.55. The van der Waals surface area contributed by atoms with E-state index in [2.05, 4.69) is 38.1 Å². The summed E-state index contributed by atoms with van der Waals surface area (Å²) in [4.78, 5) is 8.37. The number of nitrogen functional groups attached to an aromatic ring is 1. The fourth-order valence-corrected chi connectivity index (χ4v) is 5.85. The van der Waals surface area contributed by atoms with E-state index in [4.69, 9.17) is 5.73 Å². The van der Waals surface area contributed by atoms with E-state index in [0.717, 1.165) is 28.0 Å². The maximum Gasteiger partial charge on any atom is 0.221 e. The van der Waals surface area contributed by atoms with E-state index in [-0.39, 0.29) is 0 Å². The number of hydrogen-bond acceptors (Lipinski definition) is 4. The molecule has 5 rings (SSSR count). The van der Waals surface area contributed by atoms with Crippen LogP contribution in [0.1, 0.15) is 45.4 Å². The van der Waals surface area contributed by atoms with E-state index in [1.165, 1.54) is 38.5 Å². The van der Waals surface area contributed by atoms with Crippen molar-refractivity contribution in [1.29, 1.82) is 0 Å². The second-order valence-electron chi connectivity index (χ2n) is 7.57. The average Bonchev–Trinajstić information content (AvgIpc) is 2.41. The Balaban J connectivity index is 1.57. The van der Waals surface area contributed by atoms with Gasteiger partial charge in [0, 0.05) is 12.2 Å². The van der Waals surface area contributed by atoms with E-state index < -0.39 is 0 Å². The number of aromatic nitrogens is 2. The standard InChI is InChI=1S/C16H23BrN4/c1-9(20-14-13(17)8-19-15(18)21-14)16-5-10-2-11(6-16)4-12(3-10)7-16/h8-12H,2-7H2,1H3,(H3,18,19,20,21). The highest BCUT2D eigenvalue weighted by Gasteiger charge is 2.53. The van der Waals surface area contributed by atoms with Crippen LogP contribution in [0.3, 0.4) is 0 Å². The number of nitrogens with two attached hydrogens (primary N) is 1. The van der Waals surface area contributed by atoms with Gasteiger partial charge in [-0.05, 0) is 84.5 Å². The molecule has 4 bridgehead atoms. The molecule has 4 nitrogen and oxygen atoms in total. The first-order valence-electron chi connectivity index (χ1n) is 8.08. The molecule has 114 valence electrons. The van der Waals surface area contributed by atoms with Crippen LogP contribution < -0.4 is 11.1 Å². The lowest BCUT2D eigenvalue weighted by Gasteiger charge is -2.59. The minimum Gasteiger partial charge on any atom is -0.368 e. The number of nitrogens with one attached hydrogen (secondary N) is 1. The van der Waals surface area contributed by atoms with Crippen molar-refractivity contribution in [2.75, 3.05) is 11.1 Å². The van der Waals surface area contributed by atoms with Crippen molar-refractivity contribution in [3.05, 3.63) is 10.7 Å². The minimum atomic E-state index is 0.332. The zero-order valence-corrected chi connectivity index (χ0v) is 14.1. The van der Waals surface area contributed by atoms with Gasteiger partial charge in [-0.15, -0.1) is 0 Å². The van der Waals surface area contributed by atoms with Gasteiger partial charge >= 0.3 is 0 Å². The summed E-state index contributed by atoms with van der Waals surface area (Å²) >= 11 is 3.53. The summed E-state index contributed by atoms with van der Waals surface area (Å²) in [5.74, 6) is 4.09. The van der Waals surface area contributed by atoms with E-state index >= 15 is 0 Å². The molecule has 21 heavy (non-hydrogen) atoms. The van der Waals surface area contributed by atoms with E-state index in [1.807, 2.05) is 0 Å². The Morgan fingerprint density at radius 1 is 1.24 bits per heavy atom. The van der Waals surface area contributed by atoms with Gasteiger partial charge in [-0.1, -0.05) is 0 Å². The molecule has 3 N–H and O–H groups in total. The summed E-state index contributed by atoms with van der Waals surface area (Å²) in [5, 5.41) is 3.63. The van der Waals surface area contributed by atoms with Gasteiger partial charge in [0.05, 0.1) is 4.47 Å². The molecule has 0 saturated heterocycles. The zero-order chi connectivity index (χ0) is 14.6. The normalized spacial score (nSPS) is 38.5. The molecule has 1 aromatic rings. The van der Waals surface area contributed by atoms with Gasteiger partial charge in [0.25, 0.3) is 0 Å². The summed E-state index contributed by atoms with van der Waals surface area (Å²) in [6, 6.07) is 0.441. The van der Waals surface area contributed by atoms with E-state index in [1.54, 1.807) is 6.20 Å². The van der Waals surface area contributed by atoms with Crippen LogP contribution in [0.15, 0.2) is 10.7 Å². The predicted molar refractivity (Wildman–Crippen MR) is 87.8 cm³/mol. The molecule has 1 unspecified atom stereocenters. The van der Waals surface area contributed by atoms with Gasteiger partial charge in [-0.3, -0.25) is 0 Å². The summed E-state index contributed by atoms with van der Waals surface area (Å²) in [6.07, 6.45) is 10.4. The Labute approximate surface area is 134 Å². The van der Waals surface area contributed by atoms with Crippen LogP contribution in [0.25, 0.3) is 0 Å². The van der Waals surface area contributed by atoms with Crippen molar-refractivity contribution in [1.82, 2.24) is 9.97 Å². The first-order chi connectivity index (χ1) is 10.0. The second kappa shape index (κ2) is 4.83. The molecule has 4 aliphatic rings. The fraction of sp³-hybridized carbons (Fsp3) is 0.750. The van der Waals surface area contributed by atoms with Crippen LogP contribution in [0.4, 0.5) is 11.8 Å². The van der Waals surface area contributed by atoms with Crippen molar-refractivity contribution in [2.45, 2.75) is 51.5 Å². The average molecular weight is 351 g/mol. The highest BCUT2D eigenvalue weighted by atomic mass is 79.9. The largest absolute Gasteiger partial charge is 0.368 e. The lowest BCUT2D eigenvalue weighted by atomic mass is 9.48. The maximum absolute atomic E-state index is 5.73. The molecular formula is C16H23BrN4. The van der Waals surface area contributed by atoms with Crippen LogP contribution >= 0.6 is 15.9 Å². The molecule has 1 atom stereocenters. The summed E-state index contributed by atoms with van der Waals surface area (Å²) in [5.41, 5.74) is 6.19. The van der Waals surface area contributed by atoms with Crippen LogP contribution in [0.5, 0.6) is 0 Å².